The van der Waals surface area contributed by atoms with Gasteiger partial charge in [-0.3, -0.25) is 0 Å². The van der Waals surface area contributed by atoms with E-state index in [0.29, 0.717) is 0 Å². The van der Waals surface area contributed by atoms with E-state index in [9.17, 15) is 0 Å². The smallest absolute Gasteiger partial charge is 0.000740 e. The Morgan fingerprint density at radius 1 is 0.167 bits per heavy atom. The molecule has 2 aliphatic rings. The largest absolute Gasteiger partial charge is 0.0622 e. The Labute approximate surface area is 314 Å². The minimum absolute atomic E-state index is 1.23. The lowest BCUT2D eigenvalue weighted by Crippen LogP contribution is -1.93. The summed E-state index contributed by atoms with van der Waals surface area (Å²) in [4.78, 5) is 0. The molecule has 0 nitrogen and oxygen atoms in total. The van der Waals surface area contributed by atoms with Crippen molar-refractivity contribution in [3.05, 3.63) is 194 Å². The highest BCUT2D eigenvalue weighted by molar-refractivity contribution is 6.31. The molecule has 0 radical (unpaired) electrons. The first-order valence-electron chi connectivity index (χ1n) is 18.9. The molecule has 0 heterocycles. The lowest BCUT2D eigenvalue weighted by atomic mass is 9.82. The average molecular weight is 681 g/mol. The fraction of sp³-hybridized carbons (Fsp3) is 0. The quantitative estimate of drug-likeness (QED) is 0.174. The van der Waals surface area contributed by atoms with Gasteiger partial charge >= 0.3 is 0 Å². The van der Waals surface area contributed by atoms with Crippen LogP contribution >= 0.6 is 0 Å². The highest BCUT2D eigenvalue weighted by Gasteiger charge is 2.33. The van der Waals surface area contributed by atoms with Gasteiger partial charge in [-0.25, -0.2) is 0 Å². The Bertz CT molecular complexity index is 3050. The second-order valence-corrected chi connectivity index (χ2v) is 14.6. The van der Waals surface area contributed by atoms with Crippen molar-refractivity contribution in [2.75, 3.05) is 0 Å². The molecule has 10 aromatic carbocycles. The van der Waals surface area contributed by atoms with Gasteiger partial charge < -0.3 is 0 Å². The third kappa shape index (κ3) is 3.97. The number of fused-ring (bicyclic) bond motifs is 7. The highest BCUT2D eigenvalue weighted by Crippen LogP contribution is 2.60. The molecule has 0 aliphatic heterocycles. The highest BCUT2D eigenvalue weighted by atomic mass is 14.3. The van der Waals surface area contributed by atoms with E-state index in [1.165, 1.54) is 121 Å². The summed E-state index contributed by atoms with van der Waals surface area (Å²) in [5.41, 5.74) is 20.7. The van der Waals surface area contributed by atoms with Crippen LogP contribution in [0.3, 0.4) is 0 Å². The SMILES string of the molecule is c1ccc(-c2c3c(c(-c4ccccc4)c4ccccc24)-c2ccc(-c4ccc5c6c(cccc46)-c4ccccc4-5)c4c(-c5ccccc5)ccc-3c24)cc1. The number of benzene rings is 10. The standard InChI is InChI=1S/C54H32/c1-4-15-33(16-5-1)36-27-31-46-52-47(32-30-45(51(36)52)39-28-29-44-38-22-11-10-21-37(38)40-25-14-26-41(39)50(40)44)54-49(35-19-8-3-9-20-35)43-24-13-12-23-42(43)48(53(46)54)34-17-6-2-7-18-34/h1-32H. The second kappa shape index (κ2) is 11.2. The van der Waals surface area contributed by atoms with Crippen LogP contribution in [0.25, 0.3) is 121 Å². The summed E-state index contributed by atoms with van der Waals surface area (Å²) >= 11 is 0. The summed E-state index contributed by atoms with van der Waals surface area (Å²) < 4.78 is 0. The molecule has 0 unspecified atom stereocenters. The number of hydrogen-bond donors (Lipinski definition) is 0. The Hall–Kier alpha value is -7.02. The van der Waals surface area contributed by atoms with Gasteiger partial charge in [-0.15, -0.1) is 0 Å². The van der Waals surface area contributed by atoms with Crippen LogP contribution in [0, 0.1) is 0 Å². The molecule has 0 saturated carbocycles. The molecule has 0 heteroatoms. The monoisotopic (exact) mass is 680 g/mol. The van der Waals surface area contributed by atoms with Crippen LogP contribution in [0.15, 0.2) is 194 Å². The molecule has 0 aromatic heterocycles. The Kier molecular flexibility index (Phi) is 6.15. The maximum absolute atomic E-state index is 2.43. The van der Waals surface area contributed by atoms with Crippen molar-refractivity contribution in [2.24, 2.45) is 0 Å². The Morgan fingerprint density at radius 2 is 0.537 bits per heavy atom. The zero-order chi connectivity index (χ0) is 35.3. The first-order chi connectivity index (χ1) is 26.8. The normalized spacial score (nSPS) is 12.1. The van der Waals surface area contributed by atoms with Crippen LogP contribution in [0.4, 0.5) is 0 Å². The van der Waals surface area contributed by atoms with E-state index in [4.69, 9.17) is 0 Å². The topological polar surface area (TPSA) is 0 Å². The molecule has 0 fully saturated rings. The third-order valence-corrected chi connectivity index (χ3v) is 12.0. The molecule has 0 saturated heterocycles. The van der Waals surface area contributed by atoms with E-state index in [0.717, 1.165) is 0 Å². The Morgan fingerprint density at radius 3 is 1.11 bits per heavy atom. The molecule has 54 heavy (non-hydrogen) atoms. The molecule has 0 spiro atoms. The molecule has 0 bridgehead atoms. The van der Waals surface area contributed by atoms with Crippen LogP contribution < -0.4 is 0 Å². The van der Waals surface area contributed by atoms with Gasteiger partial charge in [0.15, 0.2) is 0 Å². The van der Waals surface area contributed by atoms with Crippen LogP contribution in [0.1, 0.15) is 0 Å². The van der Waals surface area contributed by atoms with Crippen molar-refractivity contribution in [2.45, 2.75) is 0 Å². The molecule has 0 N–H and O–H groups in total. The predicted octanol–water partition coefficient (Wildman–Crippen LogP) is 15.1. The van der Waals surface area contributed by atoms with Gasteiger partial charge in [0, 0.05) is 0 Å². The van der Waals surface area contributed by atoms with Crippen molar-refractivity contribution in [3.8, 4) is 89.0 Å². The van der Waals surface area contributed by atoms with Gasteiger partial charge in [0.1, 0.15) is 0 Å². The minimum Gasteiger partial charge on any atom is -0.0622 e. The average Bonchev–Trinajstić information content (AvgIpc) is 3.75. The van der Waals surface area contributed by atoms with Crippen molar-refractivity contribution in [1.29, 1.82) is 0 Å². The van der Waals surface area contributed by atoms with E-state index in [1.54, 1.807) is 0 Å². The van der Waals surface area contributed by atoms with Crippen LogP contribution in [0.2, 0.25) is 0 Å². The van der Waals surface area contributed by atoms with Crippen molar-refractivity contribution in [3.63, 3.8) is 0 Å². The van der Waals surface area contributed by atoms with Crippen molar-refractivity contribution >= 4 is 32.3 Å². The minimum atomic E-state index is 1.23. The van der Waals surface area contributed by atoms with Gasteiger partial charge in [-0.2, -0.15) is 0 Å². The molecule has 2 aliphatic carbocycles. The lowest BCUT2D eigenvalue weighted by Gasteiger charge is -2.20. The molecule has 10 aromatic rings. The summed E-state index contributed by atoms with van der Waals surface area (Å²) in [6.45, 7) is 0. The van der Waals surface area contributed by atoms with Gasteiger partial charge in [0.25, 0.3) is 0 Å². The second-order valence-electron chi connectivity index (χ2n) is 14.6. The van der Waals surface area contributed by atoms with Crippen LogP contribution in [-0.4, -0.2) is 0 Å². The number of rotatable bonds is 4. The third-order valence-electron chi connectivity index (χ3n) is 12.0. The maximum Gasteiger partial charge on any atom is -0.000740 e. The van der Waals surface area contributed by atoms with Crippen molar-refractivity contribution in [1.82, 2.24) is 0 Å². The first kappa shape index (κ1) is 29.5. The van der Waals surface area contributed by atoms with Crippen LogP contribution in [-0.2, 0) is 0 Å². The van der Waals surface area contributed by atoms with E-state index in [1.807, 2.05) is 0 Å². The zero-order valence-corrected chi connectivity index (χ0v) is 29.5. The summed E-state index contributed by atoms with van der Waals surface area (Å²) in [5, 5.41) is 7.86. The van der Waals surface area contributed by atoms with Gasteiger partial charge in [0.05, 0.1) is 0 Å². The first-order valence-corrected chi connectivity index (χ1v) is 18.9. The molecular formula is C54H32. The van der Waals surface area contributed by atoms with E-state index in [2.05, 4.69) is 194 Å². The Balaban J connectivity index is 1.25. The zero-order valence-electron chi connectivity index (χ0n) is 29.5. The van der Waals surface area contributed by atoms with Gasteiger partial charge in [0.2, 0.25) is 0 Å². The molecule has 0 atom stereocenters. The fourth-order valence-corrected chi connectivity index (χ4v) is 9.82. The van der Waals surface area contributed by atoms with E-state index < -0.39 is 0 Å². The molecule has 248 valence electrons. The predicted molar refractivity (Wildman–Crippen MR) is 230 cm³/mol. The van der Waals surface area contributed by atoms with Crippen molar-refractivity contribution < 1.29 is 0 Å². The van der Waals surface area contributed by atoms with Gasteiger partial charge in [-0.1, -0.05) is 194 Å². The number of hydrogen-bond acceptors (Lipinski definition) is 0. The summed E-state index contributed by atoms with van der Waals surface area (Å²) in [5.74, 6) is 0. The summed E-state index contributed by atoms with van der Waals surface area (Å²) in [7, 11) is 0. The summed E-state index contributed by atoms with van der Waals surface area (Å²) in [6, 6.07) is 72.1. The lowest BCUT2D eigenvalue weighted by molar-refractivity contribution is 1.62. The summed E-state index contributed by atoms with van der Waals surface area (Å²) in [6.07, 6.45) is 0. The van der Waals surface area contributed by atoms with E-state index in [-0.39, 0.29) is 0 Å². The molecule has 0 amide bonds. The van der Waals surface area contributed by atoms with Crippen LogP contribution in [0.5, 0.6) is 0 Å². The van der Waals surface area contributed by atoms with Gasteiger partial charge in [-0.05, 0) is 121 Å². The maximum atomic E-state index is 2.43. The molecule has 12 rings (SSSR count). The fourth-order valence-electron chi connectivity index (χ4n) is 9.82. The van der Waals surface area contributed by atoms with E-state index >= 15 is 0 Å². The molecular weight excluding hydrogens is 649 g/mol.